The Morgan fingerprint density at radius 3 is 2.44 bits per heavy atom. The molecular formula is C12H26N2O2. The van der Waals surface area contributed by atoms with Crippen molar-refractivity contribution in [2.45, 2.75) is 65.5 Å². The number of unbranched alkanes of at least 4 members (excludes halogenated alkanes) is 2. The van der Waals surface area contributed by atoms with Crippen molar-refractivity contribution in [1.29, 1.82) is 0 Å². The first kappa shape index (κ1) is 15.4. The van der Waals surface area contributed by atoms with Crippen LogP contribution in [0.5, 0.6) is 0 Å². The van der Waals surface area contributed by atoms with E-state index in [1.165, 1.54) is 0 Å². The molecule has 0 radical (unpaired) electrons. The van der Waals surface area contributed by atoms with E-state index < -0.39 is 0 Å². The van der Waals surface area contributed by atoms with E-state index in [2.05, 4.69) is 17.7 Å². The number of hydrogen-bond acceptors (Lipinski definition) is 3. The van der Waals surface area contributed by atoms with Crippen molar-refractivity contribution < 1.29 is 9.63 Å². The second-order valence-electron chi connectivity index (χ2n) is 5.05. The van der Waals surface area contributed by atoms with Gasteiger partial charge in [0.15, 0.2) is 0 Å². The van der Waals surface area contributed by atoms with Gasteiger partial charge in [0, 0.05) is 6.54 Å². The van der Waals surface area contributed by atoms with E-state index in [-0.39, 0.29) is 17.6 Å². The van der Waals surface area contributed by atoms with Gasteiger partial charge in [0.1, 0.15) is 6.04 Å². The highest BCUT2D eigenvalue weighted by Gasteiger charge is 2.16. The Bertz CT molecular complexity index is 200. The summed E-state index contributed by atoms with van der Waals surface area (Å²) in [5.74, 6) is -0.0136. The van der Waals surface area contributed by atoms with Gasteiger partial charge in [-0.05, 0) is 34.1 Å². The fraction of sp³-hybridized carbons (Fsp3) is 0.917. The summed E-state index contributed by atoms with van der Waals surface area (Å²) in [6, 6.07) is -0.319. The number of hydrogen-bond donors (Lipinski definition) is 2. The third kappa shape index (κ3) is 8.68. The summed E-state index contributed by atoms with van der Waals surface area (Å²) in [5.41, 5.74) is 2.47. The van der Waals surface area contributed by atoms with Gasteiger partial charge in [0.05, 0.1) is 5.60 Å². The molecule has 0 rings (SSSR count). The molecule has 0 aliphatic heterocycles. The maximum Gasteiger partial charge on any atom is 0.239 e. The van der Waals surface area contributed by atoms with Crippen molar-refractivity contribution in [2.75, 3.05) is 6.54 Å². The minimum absolute atomic E-state index is 0.0136. The van der Waals surface area contributed by atoms with Gasteiger partial charge < -0.3 is 5.32 Å². The molecule has 1 amide bonds. The summed E-state index contributed by atoms with van der Waals surface area (Å²) in [4.78, 5) is 16.9. The molecule has 4 nitrogen and oxygen atoms in total. The molecule has 1 atom stereocenters. The van der Waals surface area contributed by atoms with Crippen molar-refractivity contribution >= 4 is 5.91 Å². The molecule has 0 saturated heterocycles. The normalized spacial score (nSPS) is 13.6. The number of carbonyl (C=O) groups is 1. The zero-order valence-electron chi connectivity index (χ0n) is 11.2. The number of hydroxylamine groups is 1. The summed E-state index contributed by atoms with van der Waals surface area (Å²) >= 11 is 0. The maximum atomic E-state index is 11.6. The average Bonchev–Trinajstić information content (AvgIpc) is 2.19. The second-order valence-corrected chi connectivity index (χ2v) is 5.05. The van der Waals surface area contributed by atoms with Gasteiger partial charge >= 0.3 is 0 Å². The first-order valence-electron chi connectivity index (χ1n) is 6.08. The number of carbonyl (C=O) groups excluding carboxylic acids is 1. The van der Waals surface area contributed by atoms with Crippen molar-refractivity contribution in [3.63, 3.8) is 0 Å². The quantitative estimate of drug-likeness (QED) is 0.519. The minimum Gasteiger partial charge on any atom is -0.355 e. The van der Waals surface area contributed by atoms with E-state index in [1.807, 2.05) is 20.8 Å². The van der Waals surface area contributed by atoms with Crippen LogP contribution in [-0.2, 0) is 9.63 Å². The Labute approximate surface area is 99.1 Å². The van der Waals surface area contributed by atoms with Crippen LogP contribution in [0.4, 0.5) is 0 Å². The topological polar surface area (TPSA) is 50.4 Å². The molecule has 0 saturated carbocycles. The molecule has 4 heteroatoms. The predicted molar refractivity (Wildman–Crippen MR) is 66.0 cm³/mol. The number of nitrogens with one attached hydrogen (secondary N) is 2. The lowest BCUT2D eigenvalue weighted by atomic mass is 10.2. The molecule has 0 aliphatic carbocycles. The number of amides is 1. The lowest BCUT2D eigenvalue weighted by Gasteiger charge is -2.22. The van der Waals surface area contributed by atoms with Crippen molar-refractivity contribution in [3.8, 4) is 0 Å². The molecule has 0 aromatic heterocycles. The molecule has 96 valence electrons. The molecule has 0 spiro atoms. The maximum absolute atomic E-state index is 11.6. The Morgan fingerprint density at radius 1 is 1.31 bits per heavy atom. The van der Waals surface area contributed by atoms with E-state index in [0.717, 1.165) is 25.8 Å². The predicted octanol–water partition coefficient (Wildman–Crippen LogP) is 2.00. The Balaban J connectivity index is 3.65. The van der Waals surface area contributed by atoms with Crippen LogP contribution in [0.1, 0.15) is 53.9 Å². The molecular weight excluding hydrogens is 204 g/mol. The summed E-state index contributed by atoms with van der Waals surface area (Å²) in [7, 11) is 0. The van der Waals surface area contributed by atoms with Crippen LogP contribution >= 0.6 is 0 Å². The summed E-state index contributed by atoms with van der Waals surface area (Å²) in [6.07, 6.45) is 3.35. The van der Waals surface area contributed by atoms with Gasteiger partial charge in [-0.15, -0.1) is 0 Å². The second kappa shape index (κ2) is 7.63. The Kier molecular flexibility index (Phi) is 7.34. The molecule has 0 aliphatic rings. The fourth-order valence-electron chi connectivity index (χ4n) is 1.06. The zero-order chi connectivity index (χ0) is 12.6. The Morgan fingerprint density at radius 2 is 1.94 bits per heavy atom. The Hall–Kier alpha value is -0.610. The molecule has 16 heavy (non-hydrogen) atoms. The minimum atomic E-state index is -0.319. The highest BCUT2D eigenvalue weighted by atomic mass is 16.7. The highest BCUT2D eigenvalue weighted by molar-refractivity contribution is 5.81. The highest BCUT2D eigenvalue weighted by Crippen LogP contribution is 2.04. The monoisotopic (exact) mass is 230 g/mol. The first-order valence-corrected chi connectivity index (χ1v) is 6.08. The van der Waals surface area contributed by atoms with Gasteiger partial charge in [0.2, 0.25) is 5.91 Å². The van der Waals surface area contributed by atoms with Crippen LogP contribution in [0.15, 0.2) is 0 Å². The van der Waals surface area contributed by atoms with Crippen LogP contribution < -0.4 is 10.8 Å². The molecule has 0 aromatic rings. The molecule has 0 aromatic carbocycles. The van der Waals surface area contributed by atoms with E-state index in [4.69, 9.17) is 4.84 Å². The third-order valence-corrected chi connectivity index (χ3v) is 2.01. The van der Waals surface area contributed by atoms with Crippen molar-refractivity contribution in [2.24, 2.45) is 0 Å². The summed E-state index contributed by atoms with van der Waals surface area (Å²) < 4.78 is 0. The van der Waals surface area contributed by atoms with E-state index >= 15 is 0 Å². The summed E-state index contributed by atoms with van der Waals surface area (Å²) in [6.45, 7) is 10.5. The van der Waals surface area contributed by atoms with Gasteiger partial charge in [-0.25, -0.2) is 0 Å². The molecule has 0 heterocycles. The van der Waals surface area contributed by atoms with Gasteiger partial charge in [-0.3, -0.25) is 9.63 Å². The lowest BCUT2D eigenvalue weighted by Crippen LogP contribution is -2.45. The van der Waals surface area contributed by atoms with Crippen molar-refractivity contribution in [3.05, 3.63) is 0 Å². The fourth-order valence-corrected chi connectivity index (χ4v) is 1.06. The molecule has 1 unspecified atom stereocenters. The molecule has 0 fully saturated rings. The van der Waals surface area contributed by atoms with Crippen LogP contribution in [-0.4, -0.2) is 24.1 Å². The van der Waals surface area contributed by atoms with Gasteiger partial charge in [0.25, 0.3) is 0 Å². The zero-order valence-corrected chi connectivity index (χ0v) is 11.2. The summed E-state index contributed by atoms with van der Waals surface area (Å²) in [5, 5.41) is 2.87. The van der Waals surface area contributed by atoms with Crippen LogP contribution in [0.25, 0.3) is 0 Å². The number of rotatable bonds is 7. The smallest absolute Gasteiger partial charge is 0.239 e. The van der Waals surface area contributed by atoms with Crippen molar-refractivity contribution in [1.82, 2.24) is 10.8 Å². The van der Waals surface area contributed by atoms with Gasteiger partial charge in [-0.1, -0.05) is 19.8 Å². The SMILES string of the molecule is CCCCCNC(=O)C(C)NOC(C)(C)C. The molecule has 0 bridgehead atoms. The van der Waals surface area contributed by atoms with Crippen LogP contribution in [0.2, 0.25) is 0 Å². The van der Waals surface area contributed by atoms with E-state index in [0.29, 0.717) is 0 Å². The lowest BCUT2D eigenvalue weighted by molar-refractivity contribution is -0.133. The third-order valence-electron chi connectivity index (χ3n) is 2.01. The van der Waals surface area contributed by atoms with Crippen LogP contribution in [0.3, 0.4) is 0 Å². The molecule has 2 N–H and O–H groups in total. The standard InChI is InChI=1S/C12H26N2O2/c1-6-7-8-9-13-11(15)10(2)14-16-12(3,4)5/h10,14H,6-9H2,1-5H3,(H,13,15). The van der Waals surface area contributed by atoms with Gasteiger partial charge in [-0.2, -0.15) is 5.48 Å². The largest absolute Gasteiger partial charge is 0.355 e. The first-order chi connectivity index (χ1) is 7.37. The van der Waals surface area contributed by atoms with E-state index in [1.54, 1.807) is 6.92 Å². The van der Waals surface area contributed by atoms with Crippen LogP contribution in [0, 0.1) is 0 Å². The average molecular weight is 230 g/mol. The van der Waals surface area contributed by atoms with E-state index in [9.17, 15) is 4.79 Å².